The van der Waals surface area contributed by atoms with Gasteiger partial charge in [-0.05, 0) is 81.0 Å². The predicted octanol–water partition coefficient (Wildman–Crippen LogP) is 7.50. The highest BCUT2D eigenvalue weighted by Gasteiger charge is 2.34. The fourth-order valence-electron chi connectivity index (χ4n) is 5.29. The summed E-state index contributed by atoms with van der Waals surface area (Å²) in [7, 11) is 0. The summed E-state index contributed by atoms with van der Waals surface area (Å²) in [4.78, 5) is 18.2. The second-order valence-corrected chi connectivity index (χ2v) is 10.5. The van der Waals surface area contributed by atoms with Gasteiger partial charge in [0.05, 0.1) is 24.3 Å². The number of carbonyl (C=O) groups is 1. The van der Waals surface area contributed by atoms with Crippen molar-refractivity contribution in [2.45, 2.75) is 52.7 Å². The van der Waals surface area contributed by atoms with E-state index in [0.29, 0.717) is 39.6 Å². The highest BCUT2D eigenvalue weighted by atomic mass is 19.1. The van der Waals surface area contributed by atoms with Crippen LogP contribution >= 0.6 is 0 Å². The summed E-state index contributed by atoms with van der Waals surface area (Å²) in [5.41, 5.74) is 4.45. The largest absolute Gasteiger partial charge is 0.493 e. The molecular formula is C32H32FNO4. The summed E-state index contributed by atoms with van der Waals surface area (Å²) >= 11 is 0. The first-order chi connectivity index (χ1) is 18.1. The Morgan fingerprint density at radius 3 is 2.71 bits per heavy atom. The number of nitrogens with zero attached hydrogens (tertiary/aromatic N) is 1. The molecule has 0 unspecified atom stereocenters. The van der Waals surface area contributed by atoms with Crippen LogP contribution in [0.4, 0.5) is 4.39 Å². The van der Waals surface area contributed by atoms with Crippen molar-refractivity contribution in [3.8, 4) is 16.9 Å². The minimum absolute atomic E-state index is 0.210. The number of aromatic nitrogens is 1. The molecule has 1 aliphatic rings. The van der Waals surface area contributed by atoms with Crippen LogP contribution in [-0.2, 0) is 20.7 Å². The van der Waals surface area contributed by atoms with Crippen LogP contribution in [0.3, 0.4) is 0 Å². The van der Waals surface area contributed by atoms with Gasteiger partial charge in [0.25, 0.3) is 0 Å². The van der Waals surface area contributed by atoms with Gasteiger partial charge in [-0.1, -0.05) is 24.8 Å². The molecule has 0 saturated carbocycles. The zero-order valence-electron chi connectivity index (χ0n) is 22.5. The Bertz CT molecular complexity index is 1570. The molecule has 1 atom stereocenters. The highest BCUT2D eigenvalue weighted by molar-refractivity contribution is 6.09. The first-order valence-corrected chi connectivity index (χ1v) is 12.9. The molecule has 3 aromatic carbocycles. The number of aryl methyl sites for hydroxylation is 1. The minimum atomic E-state index is -1.03. The SMILES string of the molecule is C=Cc1ccc2c(-c3ccc4c5c(ccnc35)CCO4)c([C@H](OC(C)(C)C)C(=O)OCC)c(C)cc2c1F. The van der Waals surface area contributed by atoms with Gasteiger partial charge in [-0.15, -0.1) is 0 Å². The van der Waals surface area contributed by atoms with Gasteiger partial charge in [0.15, 0.2) is 6.10 Å². The Labute approximate surface area is 222 Å². The van der Waals surface area contributed by atoms with Crippen LogP contribution in [0.25, 0.3) is 38.9 Å². The zero-order chi connectivity index (χ0) is 27.2. The molecule has 0 fully saturated rings. The van der Waals surface area contributed by atoms with E-state index in [1.54, 1.807) is 25.3 Å². The highest BCUT2D eigenvalue weighted by Crippen LogP contribution is 2.46. The maximum Gasteiger partial charge on any atom is 0.339 e. The van der Waals surface area contributed by atoms with Crippen molar-refractivity contribution < 1.29 is 23.4 Å². The van der Waals surface area contributed by atoms with Gasteiger partial charge in [0.2, 0.25) is 0 Å². The van der Waals surface area contributed by atoms with Crippen LogP contribution in [0, 0.1) is 12.7 Å². The molecule has 4 aromatic rings. The number of benzene rings is 3. The van der Waals surface area contributed by atoms with E-state index in [-0.39, 0.29) is 12.4 Å². The molecule has 2 heterocycles. The van der Waals surface area contributed by atoms with Crippen LogP contribution < -0.4 is 4.74 Å². The van der Waals surface area contributed by atoms with Crippen molar-refractivity contribution in [2.75, 3.05) is 13.2 Å². The number of hydrogen-bond acceptors (Lipinski definition) is 5. The fraction of sp³-hybridized carbons (Fsp3) is 0.312. The molecule has 38 heavy (non-hydrogen) atoms. The minimum Gasteiger partial charge on any atom is -0.493 e. The van der Waals surface area contributed by atoms with E-state index in [1.165, 1.54) is 6.08 Å². The topological polar surface area (TPSA) is 57.7 Å². The van der Waals surface area contributed by atoms with Gasteiger partial charge in [0, 0.05) is 40.1 Å². The molecule has 0 amide bonds. The average molecular weight is 514 g/mol. The van der Waals surface area contributed by atoms with Crippen LogP contribution in [0.15, 0.2) is 49.2 Å². The molecule has 0 spiro atoms. The third-order valence-electron chi connectivity index (χ3n) is 6.83. The van der Waals surface area contributed by atoms with Gasteiger partial charge in [-0.25, -0.2) is 9.18 Å². The maximum absolute atomic E-state index is 15.7. The van der Waals surface area contributed by atoms with Gasteiger partial charge in [-0.2, -0.15) is 0 Å². The second kappa shape index (κ2) is 9.84. The number of ether oxygens (including phenoxy) is 3. The molecule has 6 heteroatoms. The molecule has 0 radical (unpaired) electrons. The number of halogens is 1. The lowest BCUT2D eigenvalue weighted by atomic mass is 9.85. The van der Waals surface area contributed by atoms with E-state index in [1.807, 2.05) is 52.0 Å². The van der Waals surface area contributed by atoms with Crippen molar-refractivity contribution in [2.24, 2.45) is 0 Å². The molecular weight excluding hydrogens is 481 g/mol. The second-order valence-electron chi connectivity index (χ2n) is 10.5. The molecule has 1 aliphatic heterocycles. The van der Waals surface area contributed by atoms with Gasteiger partial charge in [0.1, 0.15) is 11.6 Å². The van der Waals surface area contributed by atoms with Crippen LogP contribution in [0.1, 0.15) is 56.1 Å². The maximum atomic E-state index is 15.7. The Balaban J connectivity index is 1.93. The first-order valence-electron chi connectivity index (χ1n) is 12.9. The smallest absolute Gasteiger partial charge is 0.339 e. The number of pyridine rings is 1. The molecule has 5 nitrogen and oxygen atoms in total. The molecule has 196 valence electrons. The molecule has 1 aromatic heterocycles. The van der Waals surface area contributed by atoms with E-state index in [2.05, 4.69) is 6.58 Å². The molecule has 0 bridgehead atoms. The summed E-state index contributed by atoms with van der Waals surface area (Å²) in [6, 6.07) is 11.2. The van der Waals surface area contributed by atoms with E-state index in [0.717, 1.165) is 34.2 Å². The van der Waals surface area contributed by atoms with Crippen molar-refractivity contribution in [3.05, 3.63) is 77.2 Å². The van der Waals surface area contributed by atoms with Gasteiger partial charge >= 0.3 is 5.97 Å². The van der Waals surface area contributed by atoms with Gasteiger partial charge in [-0.3, -0.25) is 4.98 Å². The van der Waals surface area contributed by atoms with Crippen molar-refractivity contribution in [1.82, 2.24) is 4.98 Å². The lowest BCUT2D eigenvalue weighted by Crippen LogP contribution is -2.29. The normalized spacial score (nSPS) is 13.8. The standard InChI is InChI=1S/C32H32FNO4/c1-7-19-9-10-21-23(28(19)33)17-18(3)25(30(31(35)36-8-2)38-32(4,5)6)27(21)22-11-12-24-26-20(14-16-37-24)13-15-34-29(22)26/h7,9-13,15,17,30H,1,8,14,16H2,2-6H3/t30-/m0/s1. The predicted molar refractivity (Wildman–Crippen MR) is 149 cm³/mol. The number of hydrogen-bond donors (Lipinski definition) is 0. The summed E-state index contributed by atoms with van der Waals surface area (Å²) in [6.07, 6.45) is 3.04. The van der Waals surface area contributed by atoms with Crippen LogP contribution in [0.5, 0.6) is 5.75 Å². The molecule has 0 N–H and O–H groups in total. The number of esters is 1. The summed E-state index contributed by atoms with van der Waals surface area (Å²) in [5.74, 6) is -0.0882. The number of fused-ring (bicyclic) bond motifs is 1. The number of rotatable bonds is 6. The quantitative estimate of drug-likeness (QED) is 0.250. The Morgan fingerprint density at radius 1 is 1.21 bits per heavy atom. The lowest BCUT2D eigenvalue weighted by molar-refractivity contribution is -0.166. The van der Waals surface area contributed by atoms with Crippen molar-refractivity contribution in [1.29, 1.82) is 0 Å². The number of carbonyl (C=O) groups excluding carboxylic acids is 1. The van der Waals surface area contributed by atoms with E-state index in [4.69, 9.17) is 19.2 Å². The van der Waals surface area contributed by atoms with E-state index in [9.17, 15) is 4.79 Å². The molecule has 0 saturated heterocycles. The van der Waals surface area contributed by atoms with Crippen molar-refractivity contribution >= 4 is 33.7 Å². The Hall–Kier alpha value is -3.77. The third kappa shape index (κ3) is 4.43. The Kier molecular flexibility index (Phi) is 6.70. The average Bonchev–Trinajstić information content (AvgIpc) is 2.88. The summed E-state index contributed by atoms with van der Waals surface area (Å²) < 4.78 is 33.5. The third-order valence-corrected chi connectivity index (χ3v) is 6.83. The lowest BCUT2D eigenvalue weighted by Gasteiger charge is -2.30. The molecule has 5 rings (SSSR count). The van der Waals surface area contributed by atoms with Gasteiger partial charge < -0.3 is 14.2 Å². The van der Waals surface area contributed by atoms with Crippen LogP contribution in [0.2, 0.25) is 0 Å². The van der Waals surface area contributed by atoms with Crippen molar-refractivity contribution in [3.63, 3.8) is 0 Å². The van der Waals surface area contributed by atoms with E-state index < -0.39 is 17.7 Å². The first kappa shape index (κ1) is 25.9. The summed E-state index contributed by atoms with van der Waals surface area (Å²) in [5, 5.41) is 2.03. The Morgan fingerprint density at radius 2 is 2.00 bits per heavy atom. The monoisotopic (exact) mass is 513 g/mol. The zero-order valence-corrected chi connectivity index (χ0v) is 22.5. The fourth-order valence-corrected chi connectivity index (χ4v) is 5.29. The van der Waals surface area contributed by atoms with Crippen LogP contribution in [-0.4, -0.2) is 29.8 Å². The van der Waals surface area contributed by atoms with E-state index >= 15 is 4.39 Å². The summed E-state index contributed by atoms with van der Waals surface area (Å²) in [6.45, 7) is 13.9. The molecule has 0 aliphatic carbocycles.